The zero-order valence-electron chi connectivity index (χ0n) is 8.82. The first-order valence-corrected chi connectivity index (χ1v) is 4.19. The standard InChI is InChI=1S/C8H15NO4.K/c1-3-9(4-2)6(8(12)13)5-7(10)11;/h6H,3-5H2,1-2H3,(H,10,11)(H,12,13);/q;+1/p-1/t6-;/m0./s1. The Morgan fingerprint density at radius 1 is 1.36 bits per heavy atom. The fourth-order valence-electron chi connectivity index (χ4n) is 1.19. The smallest absolute Gasteiger partial charge is 0.548 e. The van der Waals surface area contributed by atoms with E-state index in [1.54, 1.807) is 18.7 Å². The monoisotopic (exact) mass is 227 g/mol. The second-order valence-electron chi connectivity index (χ2n) is 2.65. The molecule has 0 aromatic carbocycles. The third-order valence-corrected chi connectivity index (χ3v) is 1.89. The summed E-state index contributed by atoms with van der Waals surface area (Å²) in [6.45, 7) is 4.56. The summed E-state index contributed by atoms with van der Waals surface area (Å²) in [5, 5.41) is 19.0. The quantitative estimate of drug-likeness (QED) is 0.467. The van der Waals surface area contributed by atoms with Crippen molar-refractivity contribution < 1.29 is 71.2 Å². The van der Waals surface area contributed by atoms with Crippen LogP contribution >= 0.6 is 0 Å². The molecule has 0 rings (SSSR count). The number of carboxylic acid groups (broad SMARTS) is 2. The summed E-state index contributed by atoms with van der Waals surface area (Å²) < 4.78 is 0. The van der Waals surface area contributed by atoms with Crippen LogP contribution in [0.3, 0.4) is 0 Å². The minimum absolute atomic E-state index is 0. The van der Waals surface area contributed by atoms with Gasteiger partial charge in [-0.2, -0.15) is 0 Å². The molecule has 0 unspecified atom stereocenters. The van der Waals surface area contributed by atoms with E-state index in [4.69, 9.17) is 5.11 Å². The van der Waals surface area contributed by atoms with Crippen LogP contribution in [0.2, 0.25) is 0 Å². The number of aliphatic carboxylic acids is 2. The third-order valence-electron chi connectivity index (χ3n) is 1.89. The Labute approximate surface area is 126 Å². The summed E-state index contributed by atoms with van der Waals surface area (Å²) in [4.78, 5) is 22.5. The van der Waals surface area contributed by atoms with Crippen molar-refractivity contribution in [2.75, 3.05) is 13.1 Å². The van der Waals surface area contributed by atoms with Crippen molar-refractivity contribution in [1.82, 2.24) is 4.90 Å². The van der Waals surface area contributed by atoms with Crippen molar-refractivity contribution in [2.45, 2.75) is 26.3 Å². The van der Waals surface area contributed by atoms with Crippen LogP contribution in [-0.4, -0.2) is 41.1 Å². The molecule has 0 aliphatic heterocycles. The van der Waals surface area contributed by atoms with Crippen LogP contribution in [0.15, 0.2) is 0 Å². The average molecular weight is 227 g/mol. The molecule has 0 aliphatic rings. The molecule has 0 saturated heterocycles. The molecular formula is C8H14KNO4. The third kappa shape index (κ3) is 6.10. The second kappa shape index (κ2) is 8.81. The summed E-state index contributed by atoms with van der Waals surface area (Å²) in [5.74, 6) is -2.45. The molecule has 14 heavy (non-hydrogen) atoms. The molecule has 0 aromatic rings. The van der Waals surface area contributed by atoms with Gasteiger partial charge in [0.2, 0.25) is 0 Å². The Kier molecular flexibility index (Phi) is 10.7. The molecule has 0 spiro atoms. The van der Waals surface area contributed by atoms with Gasteiger partial charge in [0.05, 0.1) is 18.4 Å². The van der Waals surface area contributed by atoms with Crippen molar-refractivity contribution in [3.63, 3.8) is 0 Å². The molecule has 0 heterocycles. The Morgan fingerprint density at radius 2 is 1.79 bits per heavy atom. The van der Waals surface area contributed by atoms with E-state index in [0.29, 0.717) is 13.1 Å². The van der Waals surface area contributed by atoms with Crippen LogP contribution < -0.4 is 56.5 Å². The summed E-state index contributed by atoms with van der Waals surface area (Å²) >= 11 is 0. The number of nitrogens with zero attached hydrogens (tertiary/aromatic N) is 1. The van der Waals surface area contributed by atoms with Crippen molar-refractivity contribution in [1.29, 1.82) is 0 Å². The molecular weight excluding hydrogens is 213 g/mol. The number of carbonyl (C=O) groups excluding carboxylic acids is 1. The van der Waals surface area contributed by atoms with Crippen molar-refractivity contribution in [3.05, 3.63) is 0 Å². The van der Waals surface area contributed by atoms with Gasteiger partial charge in [-0.05, 0) is 13.1 Å². The molecule has 0 bridgehead atoms. The normalized spacial score (nSPS) is 11.9. The average Bonchev–Trinajstić information content (AvgIpc) is 2.04. The van der Waals surface area contributed by atoms with E-state index >= 15 is 0 Å². The van der Waals surface area contributed by atoms with Gasteiger partial charge in [-0.1, -0.05) is 13.8 Å². The van der Waals surface area contributed by atoms with Gasteiger partial charge in [0.1, 0.15) is 0 Å². The molecule has 5 nitrogen and oxygen atoms in total. The Bertz CT molecular complexity index is 194. The Balaban J connectivity index is 0. The maximum absolute atomic E-state index is 10.6. The van der Waals surface area contributed by atoms with Crippen LogP contribution in [0.4, 0.5) is 0 Å². The predicted molar refractivity (Wildman–Crippen MR) is 44.0 cm³/mol. The van der Waals surface area contributed by atoms with Gasteiger partial charge in [-0.25, -0.2) is 0 Å². The molecule has 1 atom stereocenters. The second-order valence-corrected chi connectivity index (χ2v) is 2.65. The van der Waals surface area contributed by atoms with Crippen molar-refractivity contribution >= 4 is 11.9 Å². The number of carbonyl (C=O) groups is 2. The minimum Gasteiger partial charge on any atom is -0.548 e. The van der Waals surface area contributed by atoms with E-state index in [9.17, 15) is 14.7 Å². The van der Waals surface area contributed by atoms with Gasteiger partial charge >= 0.3 is 57.4 Å². The fraction of sp³-hybridized carbons (Fsp3) is 0.750. The van der Waals surface area contributed by atoms with Gasteiger partial charge in [0.25, 0.3) is 0 Å². The fourth-order valence-corrected chi connectivity index (χ4v) is 1.19. The SMILES string of the molecule is CCN(CC)[C@@H](CC(=O)O)C(=O)[O-].[K+]. The molecule has 1 N–H and O–H groups in total. The summed E-state index contributed by atoms with van der Waals surface area (Å²) in [7, 11) is 0. The Hall–Kier alpha value is 0.536. The van der Waals surface area contributed by atoms with Gasteiger partial charge in [-0.3, -0.25) is 9.69 Å². The first kappa shape index (κ1) is 16.9. The largest absolute Gasteiger partial charge is 1.00 e. The zero-order valence-corrected chi connectivity index (χ0v) is 11.9. The maximum Gasteiger partial charge on any atom is 1.00 e. The van der Waals surface area contributed by atoms with E-state index < -0.39 is 24.4 Å². The van der Waals surface area contributed by atoms with Crippen molar-refractivity contribution in [3.8, 4) is 0 Å². The molecule has 0 aromatic heterocycles. The molecule has 0 saturated carbocycles. The molecule has 76 valence electrons. The van der Waals surface area contributed by atoms with E-state index in [0.717, 1.165) is 0 Å². The minimum atomic E-state index is -1.33. The van der Waals surface area contributed by atoms with E-state index in [2.05, 4.69) is 0 Å². The van der Waals surface area contributed by atoms with Crippen molar-refractivity contribution in [2.24, 2.45) is 0 Å². The van der Waals surface area contributed by atoms with E-state index in [1.807, 2.05) is 0 Å². The van der Waals surface area contributed by atoms with Gasteiger partial charge in [0.15, 0.2) is 0 Å². The number of likely N-dealkylation sites (N-methyl/N-ethyl adjacent to an activating group) is 1. The zero-order chi connectivity index (χ0) is 10.4. The first-order chi connectivity index (χ1) is 6.02. The molecule has 0 radical (unpaired) electrons. The Morgan fingerprint density at radius 3 is 2.00 bits per heavy atom. The molecule has 0 amide bonds. The molecule has 6 heteroatoms. The van der Waals surface area contributed by atoms with E-state index in [1.165, 1.54) is 0 Å². The number of carboxylic acids is 2. The number of hydrogen-bond acceptors (Lipinski definition) is 4. The van der Waals surface area contributed by atoms with Gasteiger partial charge in [0, 0.05) is 0 Å². The van der Waals surface area contributed by atoms with Gasteiger partial charge in [-0.15, -0.1) is 0 Å². The summed E-state index contributed by atoms with van der Waals surface area (Å²) in [6.07, 6.45) is -0.413. The van der Waals surface area contributed by atoms with E-state index in [-0.39, 0.29) is 51.4 Å². The predicted octanol–water partition coefficient (Wildman–Crippen LogP) is -4.07. The van der Waals surface area contributed by atoms with Gasteiger partial charge < -0.3 is 15.0 Å². The van der Waals surface area contributed by atoms with Crippen LogP contribution in [0.25, 0.3) is 0 Å². The number of rotatable bonds is 6. The van der Waals surface area contributed by atoms with Crippen LogP contribution in [0.5, 0.6) is 0 Å². The molecule has 0 fully saturated rings. The maximum atomic E-state index is 10.6. The number of hydrogen-bond donors (Lipinski definition) is 1. The van der Waals surface area contributed by atoms with Crippen LogP contribution in [-0.2, 0) is 9.59 Å². The summed E-state index contributed by atoms with van der Waals surface area (Å²) in [6, 6.07) is -1.02. The molecule has 0 aliphatic carbocycles. The first-order valence-electron chi connectivity index (χ1n) is 4.19. The topological polar surface area (TPSA) is 80.7 Å². The van der Waals surface area contributed by atoms with Crippen LogP contribution in [0.1, 0.15) is 20.3 Å². The van der Waals surface area contributed by atoms with Crippen LogP contribution in [0, 0.1) is 0 Å². The summed E-state index contributed by atoms with van der Waals surface area (Å²) in [5.41, 5.74) is 0.